The van der Waals surface area contributed by atoms with Gasteiger partial charge in [-0.25, -0.2) is 18.0 Å². The van der Waals surface area contributed by atoms with Gasteiger partial charge in [0.15, 0.2) is 0 Å². The van der Waals surface area contributed by atoms with Crippen LogP contribution < -0.4 is 19.1 Å². The molecule has 28 heavy (non-hydrogen) atoms. The van der Waals surface area contributed by atoms with Gasteiger partial charge in [-0.1, -0.05) is 18.2 Å². The summed E-state index contributed by atoms with van der Waals surface area (Å²) < 4.78 is 38.2. The van der Waals surface area contributed by atoms with Crippen molar-refractivity contribution in [3.63, 3.8) is 0 Å². The van der Waals surface area contributed by atoms with E-state index in [4.69, 9.17) is 9.47 Å². The van der Waals surface area contributed by atoms with Crippen molar-refractivity contribution in [3.05, 3.63) is 48.5 Å². The number of nitrogens with one attached hydrogen (secondary N) is 1. The normalized spacial score (nSPS) is 14.4. The summed E-state index contributed by atoms with van der Waals surface area (Å²) in [4.78, 5) is 25.0. The first-order valence-electron chi connectivity index (χ1n) is 8.64. The first-order chi connectivity index (χ1) is 13.4. The number of para-hydroxylation sites is 1. The molecule has 0 unspecified atom stereocenters. The molecule has 0 saturated carbocycles. The van der Waals surface area contributed by atoms with Gasteiger partial charge in [-0.05, 0) is 30.3 Å². The van der Waals surface area contributed by atoms with Gasteiger partial charge in [0.2, 0.25) is 21.8 Å². The van der Waals surface area contributed by atoms with Crippen molar-refractivity contribution in [2.45, 2.75) is 17.7 Å². The highest BCUT2D eigenvalue weighted by Crippen LogP contribution is 2.34. The van der Waals surface area contributed by atoms with Crippen molar-refractivity contribution < 1.29 is 27.5 Å². The average Bonchev–Trinajstić information content (AvgIpc) is 3.03. The third kappa shape index (κ3) is 4.32. The molecular formula is C19H20N2O6S. The van der Waals surface area contributed by atoms with Crippen molar-refractivity contribution >= 4 is 27.5 Å². The second-order valence-corrected chi connectivity index (χ2v) is 7.78. The molecule has 0 spiro atoms. The van der Waals surface area contributed by atoms with Gasteiger partial charge < -0.3 is 9.47 Å². The molecule has 0 aliphatic carbocycles. The van der Waals surface area contributed by atoms with Crippen molar-refractivity contribution in [2.24, 2.45) is 0 Å². The molecule has 2 aromatic carbocycles. The summed E-state index contributed by atoms with van der Waals surface area (Å²) in [5, 5.41) is 0. The lowest BCUT2D eigenvalue weighted by Crippen LogP contribution is -2.30. The Morgan fingerprint density at radius 2 is 1.71 bits per heavy atom. The third-order valence-corrected chi connectivity index (χ3v) is 5.62. The lowest BCUT2D eigenvalue weighted by atomic mass is 10.2. The van der Waals surface area contributed by atoms with Crippen LogP contribution in [-0.2, 0) is 19.6 Å². The van der Waals surface area contributed by atoms with Crippen LogP contribution in [0.1, 0.15) is 12.8 Å². The van der Waals surface area contributed by atoms with Crippen LogP contribution >= 0.6 is 0 Å². The minimum absolute atomic E-state index is 0.0557. The molecule has 3 rings (SSSR count). The number of hydrogen-bond acceptors (Lipinski definition) is 6. The van der Waals surface area contributed by atoms with E-state index >= 15 is 0 Å². The Labute approximate surface area is 163 Å². The Kier molecular flexibility index (Phi) is 5.96. The van der Waals surface area contributed by atoms with Gasteiger partial charge >= 0.3 is 0 Å². The number of rotatable bonds is 8. The fourth-order valence-electron chi connectivity index (χ4n) is 2.80. The van der Waals surface area contributed by atoms with Gasteiger partial charge in [0.1, 0.15) is 18.1 Å². The largest absolute Gasteiger partial charge is 0.495 e. The fourth-order valence-corrected chi connectivity index (χ4v) is 3.83. The maximum absolute atomic E-state index is 12.6. The number of amides is 2. The number of nitrogens with zero attached hydrogens (tertiary/aromatic N) is 1. The highest BCUT2D eigenvalue weighted by Gasteiger charge is 2.33. The van der Waals surface area contributed by atoms with E-state index in [-0.39, 0.29) is 54.1 Å². The molecule has 1 aliphatic heterocycles. The van der Waals surface area contributed by atoms with Gasteiger partial charge in [0.25, 0.3) is 0 Å². The van der Waals surface area contributed by atoms with Crippen LogP contribution in [0.25, 0.3) is 0 Å². The molecular weight excluding hydrogens is 384 g/mol. The first-order valence-corrected chi connectivity index (χ1v) is 10.1. The van der Waals surface area contributed by atoms with Gasteiger partial charge in [0.05, 0.1) is 17.7 Å². The van der Waals surface area contributed by atoms with Crippen LogP contribution in [0.2, 0.25) is 0 Å². The predicted molar refractivity (Wildman–Crippen MR) is 102 cm³/mol. The monoisotopic (exact) mass is 404 g/mol. The number of anilines is 1. The zero-order valence-electron chi connectivity index (χ0n) is 15.3. The number of methoxy groups -OCH3 is 1. The van der Waals surface area contributed by atoms with Gasteiger partial charge in [-0.15, -0.1) is 0 Å². The van der Waals surface area contributed by atoms with Crippen molar-refractivity contribution in [1.29, 1.82) is 0 Å². The lowest BCUT2D eigenvalue weighted by Gasteiger charge is -2.18. The van der Waals surface area contributed by atoms with Crippen LogP contribution in [-0.4, -0.2) is 40.5 Å². The van der Waals surface area contributed by atoms with Crippen molar-refractivity contribution in [1.82, 2.24) is 4.72 Å². The minimum atomic E-state index is -3.86. The van der Waals surface area contributed by atoms with Crippen LogP contribution in [0.4, 0.5) is 5.69 Å². The number of carbonyl (C=O) groups is 2. The maximum Gasteiger partial charge on any atom is 0.240 e. The summed E-state index contributed by atoms with van der Waals surface area (Å²) in [5.74, 6) is 0.110. The minimum Gasteiger partial charge on any atom is -0.495 e. The summed E-state index contributed by atoms with van der Waals surface area (Å²) in [7, 11) is -2.48. The van der Waals surface area contributed by atoms with E-state index in [0.29, 0.717) is 5.75 Å². The Morgan fingerprint density at radius 1 is 1.04 bits per heavy atom. The van der Waals surface area contributed by atoms with Crippen LogP contribution in [0.5, 0.6) is 11.5 Å². The first kappa shape index (κ1) is 19.8. The van der Waals surface area contributed by atoms with Crippen molar-refractivity contribution in [3.8, 4) is 11.5 Å². The third-order valence-electron chi connectivity index (χ3n) is 4.16. The highest BCUT2D eigenvalue weighted by atomic mass is 32.2. The SMILES string of the molecule is COc1ccc(S(=O)(=O)NCCOc2ccccc2)cc1N1C(=O)CCC1=O. The summed E-state index contributed by atoms with van der Waals surface area (Å²) in [5.41, 5.74) is 0.124. The van der Waals surface area contributed by atoms with Crippen LogP contribution in [0, 0.1) is 0 Å². The van der Waals surface area contributed by atoms with Gasteiger partial charge in [-0.2, -0.15) is 0 Å². The second-order valence-electron chi connectivity index (χ2n) is 6.02. The van der Waals surface area contributed by atoms with Gasteiger partial charge in [-0.3, -0.25) is 9.59 Å². The van der Waals surface area contributed by atoms with Crippen LogP contribution in [0.15, 0.2) is 53.4 Å². The topological polar surface area (TPSA) is 102 Å². The zero-order chi connectivity index (χ0) is 20.1. The Morgan fingerprint density at radius 3 is 2.36 bits per heavy atom. The molecule has 0 aromatic heterocycles. The van der Waals surface area contributed by atoms with E-state index in [2.05, 4.69) is 4.72 Å². The number of benzene rings is 2. The van der Waals surface area contributed by atoms with E-state index < -0.39 is 10.0 Å². The summed E-state index contributed by atoms with van der Waals surface area (Å²) in [6.45, 7) is 0.204. The Hall–Kier alpha value is -2.91. The number of carbonyl (C=O) groups excluding carboxylic acids is 2. The number of hydrogen-bond donors (Lipinski definition) is 1. The molecule has 1 saturated heterocycles. The van der Waals surface area contributed by atoms with E-state index in [0.717, 1.165) is 4.90 Å². The predicted octanol–water partition coefficient (Wildman–Crippen LogP) is 1.71. The summed E-state index contributed by atoms with van der Waals surface area (Å²) in [6.07, 6.45) is 0.183. The zero-order valence-corrected chi connectivity index (χ0v) is 16.1. The second kappa shape index (κ2) is 8.41. The van der Waals surface area contributed by atoms with E-state index in [1.807, 2.05) is 18.2 Å². The molecule has 9 heteroatoms. The standard InChI is InChI=1S/C19H20N2O6S/c1-26-17-8-7-15(13-16(17)21-18(22)9-10-19(21)23)28(24,25)20-11-12-27-14-5-3-2-4-6-14/h2-8,13,20H,9-12H2,1H3. The molecule has 1 N–H and O–H groups in total. The molecule has 148 valence electrons. The fraction of sp³-hybridized carbons (Fsp3) is 0.263. The number of sulfonamides is 1. The molecule has 1 aliphatic rings. The molecule has 0 radical (unpaired) electrons. The molecule has 2 aromatic rings. The Balaban J connectivity index is 1.73. The molecule has 0 atom stereocenters. The van der Waals surface area contributed by atoms with Crippen LogP contribution in [0.3, 0.4) is 0 Å². The van der Waals surface area contributed by atoms with Crippen molar-refractivity contribution in [2.75, 3.05) is 25.2 Å². The Bertz CT molecular complexity index is 959. The maximum atomic E-state index is 12.6. The summed E-state index contributed by atoms with van der Waals surface area (Å²) >= 11 is 0. The van der Waals surface area contributed by atoms with E-state index in [1.54, 1.807) is 12.1 Å². The molecule has 1 heterocycles. The molecule has 8 nitrogen and oxygen atoms in total. The number of ether oxygens (including phenoxy) is 2. The number of imide groups is 1. The van der Waals surface area contributed by atoms with Gasteiger partial charge in [0, 0.05) is 19.4 Å². The molecule has 2 amide bonds. The molecule has 0 bridgehead atoms. The quantitative estimate of drug-likeness (QED) is 0.531. The van der Waals surface area contributed by atoms with E-state index in [1.165, 1.54) is 25.3 Å². The highest BCUT2D eigenvalue weighted by molar-refractivity contribution is 7.89. The smallest absolute Gasteiger partial charge is 0.240 e. The molecule has 1 fully saturated rings. The van der Waals surface area contributed by atoms with E-state index in [9.17, 15) is 18.0 Å². The average molecular weight is 404 g/mol. The lowest BCUT2D eigenvalue weighted by molar-refractivity contribution is -0.121. The summed E-state index contributed by atoms with van der Waals surface area (Å²) in [6, 6.07) is 13.1.